The molecule has 2 aromatic heterocycles. The topological polar surface area (TPSA) is 51.8 Å². The highest BCUT2D eigenvalue weighted by atomic mass is 16.3. The second-order valence-corrected chi connectivity index (χ2v) is 12.4. The number of fused-ring (bicyclic) bond motifs is 7. The molecule has 49 heavy (non-hydrogen) atoms. The smallest absolute Gasteiger partial charge is 0.164 e. The predicted octanol–water partition coefficient (Wildman–Crippen LogP) is 11.8. The van der Waals surface area contributed by atoms with Crippen LogP contribution in [-0.2, 0) is 0 Å². The average molecular weight is 626 g/mol. The van der Waals surface area contributed by atoms with Crippen LogP contribution in [0.1, 0.15) is 0 Å². The molecule has 1 aliphatic rings. The highest BCUT2D eigenvalue weighted by Crippen LogP contribution is 2.53. The van der Waals surface area contributed by atoms with E-state index in [4.69, 9.17) is 19.4 Å². The van der Waals surface area contributed by atoms with E-state index < -0.39 is 0 Å². The Morgan fingerprint density at radius 3 is 1.43 bits per heavy atom. The summed E-state index contributed by atoms with van der Waals surface area (Å²) in [6, 6.07) is 56.8. The summed E-state index contributed by atoms with van der Waals surface area (Å²) in [4.78, 5) is 14.8. The number of rotatable bonds is 4. The van der Waals surface area contributed by atoms with Crippen molar-refractivity contribution in [2.45, 2.75) is 0 Å². The number of hydrogen-bond acceptors (Lipinski definition) is 4. The maximum absolute atomic E-state index is 7.00. The molecule has 2 heterocycles. The Morgan fingerprint density at radius 1 is 0.367 bits per heavy atom. The van der Waals surface area contributed by atoms with Gasteiger partial charge in [0.1, 0.15) is 11.3 Å². The summed E-state index contributed by atoms with van der Waals surface area (Å²) in [6.45, 7) is 0. The lowest BCUT2D eigenvalue weighted by atomic mass is 9.93. The van der Waals surface area contributed by atoms with Gasteiger partial charge in [-0.1, -0.05) is 158 Å². The van der Waals surface area contributed by atoms with Gasteiger partial charge in [-0.3, -0.25) is 0 Å². The second-order valence-electron chi connectivity index (χ2n) is 12.4. The average Bonchev–Trinajstić information content (AvgIpc) is 3.54. The van der Waals surface area contributed by atoms with Crippen LogP contribution in [0.4, 0.5) is 0 Å². The molecule has 0 fully saturated rings. The van der Waals surface area contributed by atoms with Gasteiger partial charge < -0.3 is 4.42 Å². The van der Waals surface area contributed by atoms with Crippen molar-refractivity contribution in [2.75, 3.05) is 0 Å². The molecule has 10 rings (SSSR count). The fraction of sp³-hybridized carbons (Fsp3) is 0. The number of benzene rings is 7. The van der Waals surface area contributed by atoms with E-state index in [1.54, 1.807) is 0 Å². The van der Waals surface area contributed by atoms with Crippen LogP contribution in [0, 0.1) is 0 Å². The first-order valence-corrected chi connectivity index (χ1v) is 16.5. The highest BCUT2D eigenvalue weighted by Gasteiger charge is 2.28. The zero-order valence-corrected chi connectivity index (χ0v) is 26.3. The molecule has 0 N–H and O–H groups in total. The molecule has 0 spiro atoms. The SMILES string of the molecule is c1ccc(-c2nc(-c3ccccc3)nc(-c3ccc(-c4oc5c6c(cc7ccccc75)-c5ccccc5-c5ccccc5-c46)cc3)n2)cc1. The maximum Gasteiger partial charge on any atom is 0.164 e. The molecule has 0 saturated heterocycles. The van der Waals surface area contributed by atoms with Gasteiger partial charge in [-0.15, -0.1) is 0 Å². The zero-order valence-electron chi connectivity index (χ0n) is 26.3. The number of furan rings is 1. The summed E-state index contributed by atoms with van der Waals surface area (Å²) in [5.41, 5.74) is 11.8. The van der Waals surface area contributed by atoms with Crippen molar-refractivity contribution in [1.82, 2.24) is 15.0 Å². The van der Waals surface area contributed by atoms with Crippen molar-refractivity contribution < 1.29 is 4.42 Å². The molecule has 0 bridgehead atoms. The van der Waals surface area contributed by atoms with Crippen LogP contribution in [0.15, 0.2) is 168 Å². The van der Waals surface area contributed by atoms with E-state index in [0.717, 1.165) is 55.3 Å². The van der Waals surface area contributed by atoms with E-state index in [-0.39, 0.29) is 0 Å². The Kier molecular flexibility index (Phi) is 6.15. The van der Waals surface area contributed by atoms with Crippen LogP contribution in [0.25, 0.3) is 101 Å². The van der Waals surface area contributed by atoms with Crippen LogP contribution in [0.5, 0.6) is 0 Å². The first-order chi connectivity index (χ1) is 24.3. The minimum atomic E-state index is 0.621. The summed E-state index contributed by atoms with van der Waals surface area (Å²) in [5.74, 6) is 2.75. The Morgan fingerprint density at radius 2 is 0.816 bits per heavy atom. The quantitative estimate of drug-likeness (QED) is 0.195. The Bertz CT molecular complexity index is 2640. The third kappa shape index (κ3) is 4.42. The summed E-state index contributed by atoms with van der Waals surface area (Å²) in [5, 5.41) is 3.41. The van der Waals surface area contributed by atoms with Gasteiger partial charge in [-0.25, -0.2) is 15.0 Å². The predicted molar refractivity (Wildman–Crippen MR) is 199 cm³/mol. The second kappa shape index (κ2) is 11.0. The lowest BCUT2D eigenvalue weighted by Crippen LogP contribution is -2.00. The van der Waals surface area contributed by atoms with Crippen LogP contribution in [0.3, 0.4) is 0 Å². The van der Waals surface area contributed by atoms with Gasteiger partial charge in [-0.05, 0) is 39.3 Å². The molecule has 9 aromatic rings. The third-order valence-corrected chi connectivity index (χ3v) is 9.49. The molecule has 4 heteroatoms. The molecule has 4 nitrogen and oxygen atoms in total. The van der Waals surface area contributed by atoms with Gasteiger partial charge in [0.15, 0.2) is 17.5 Å². The number of aromatic nitrogens is 3. The van der Waals surface area contributed by atoms with Crippen molar-refractivity contribution in [1.29, 1.82) is 0 Å². The Hall–Kier alpha value is -6.65. The normalized spacial score (nSPS) is 11.7. The molecule has 0 aliphatic heterocycles. The van der Waals surface area contributed by atoms with Gasteiger partial charge in [0.05, 0.1) is 0 Å². The third-order valence-electron chi connectivity index (χ3n) is 9.49. The van der Waals surface area contributed by atoms with Crippen LogP contribution in [0.2, 0.25) is 0 Å². The standard InChI is InChI=1S/C45H27N3O/c1-3-13-29(14-4-1)43-46-44(30-15-5-2-6-16-30)48-45(47-43)31-25-23-28(24-26-31)41-39-37-22-12-11-20-35(37)34-19-9-10-21-36(34)38-27-32-17-7-8-18-33(32)42(49-41)40(38)39/h1-27H. The number of hydrogen-bond donors (Lipinski definition) is 0. The van der Waals surface area contributed by atoms with Crippen molar-refractivity contribution >= 4 is 21.7 Å². The van der Waals surface area contributed by atoms with E-state index in [0.29, 0.717) is 17.5 Å². The lowest BCUT2D eigenvalue weighted by molar-refractivity contribution is 0.636. The maximum atomic E-state index is 7.00. The minimum absolute atomic E-state index is 0.621. The van der Waals surface area contributed by atoms with Crippen LogP contribution < -0.4 is 0 Å². The molecule has 0 atom stereocenters. The molecule has 7 aromatic carbocycles. The van der Waals surface area contributed by atoms with Gasteiger partial charge in [0.2, 0.25) is 0 Å². The van der Waals surface area contributed by atoms with Gasteiger partial charge in [0.25, 0.3) is 0 Å². The first-order valence-electron chi connectivity index (χ1n) is 16.5. The molecule has 0 unspecified atom stereocenters. The fourth-order valence-corrected chi connectivity index (χ4v) is 7.20. The number of nitrogens with zero attached hydrogens (tertiary/aromatic N) is 3. The van der Waals surface area contributed by atoms with Crippen molar-refractivity contribution in [3.63, 3.8) is 0 Å². The molecular weight excluding hydrogens is 599 g/mol. The van der Waals surface area contributed by atoms with E-state index >= 15 is 0 Å². The Labute approximate surface area is 283 Å². The van der Waals surface area contributed by atoms with Gasteiger partial charge in [-0.2, -0.15) is 0 Å². The summed E-state index contributed by atoms with van der Waals surface area (Å²) in [6.07, 6.45) is 0. The zero-order chi connectivity index (χ0) is 32.3. The Balaban J connectivity index is 1.18. The van der Waals surface area contributed by atoms with Crippen molar-refractivity contribution in [3.05, 3.63) is 164 Å². The van der Waals surface area contributed by atoms with Gasteiger partial charge >= 0.3 is 0 Å². The molecule has 1 aliphatic carbocycles. The first kappa shape index (κ1) is 27.5. The van der Waals surface area contributed by atoms with Gasteiger partial charge in [0, 0.05) is 38.6 Å². The van der Waals surface area contributed by atoms with E-state index in [9.17, 15) is 0 Å². The highest BCUT2D eigenvalue weighted by molar-refractivity contribution is 6.22. The van der Waals surface area contributed by atoms with Crippen LogP contribution in [-0.4, -0.2) is 15.0 Å². The van der Waals surface area contributed by atoms with Crippen molar-refractivity contribution in [3.8, 4) is 78.9 Å². The van der Waals surface area contributed by atoms with Crippen LogP contribution >= 0.6 is 0 Å². The fourth-order valence-electron chi connectivity index (χ4n) is 7.20. The van der Waals surface area contributed by atoms with E-state index in [1.165, 1.54) is 27.8 Å². The van der Waals surface area contributed by atoms with E-state index in [1.807, 2.05) is 60.7 Å². The molecule has 0 saturated carbocycles. The molecule has 0 radical (unpaired) electrons. The monoisotopic (exact) mass is 625 g/mol. The lowest BCUT2D eigenvalue weighted by Gasteiger charge is -2.12. The van der Waals surface area contributed by atoms with E-state index in [2.05, 4.69) is 103 Å². The summed E-state index contributed by atoms with van der Waals surface area (Å²) >= 11 is 0. The largest absolute Gasteiger partial charge is 0.455 e. The van der Waals surface area contributed by atoms with Crippen molar-refractivity contribution in [2.24, 2.45) is 0 Å². The summed E-state index contributed by atoms with van der Waals surface area (Å²) < 4.78 is 7.00. The minimum Gasteiger partial charge on any atom is -0.455 e. The molecular formula is C45H27N3O. The summed E-state index contributed by atoms with van der Waals surface area (Å²) in [7, 11) is 0. The molecule has 228 valence electrons. The molecule has 0 amide bonds.